The summed E-state index contributed by atoms with van der Waals surface area (Å²) in [6, 6.07) is 3.26. The fraction of sp³-hybridized carbons (Fsp3) is 0.231. The van der Waals surface area contributed by atoms with E-state index >= 15 is 0 Å². The fourth-order valence-electron chi connectivity index (χ4n) is 1.87. The van der Waals surface area contributed by atoms with Gasteiger partial charge in [-0.25, -0.2) is 0 Å². The number of hydrogen-bond acceptors (Lipinski definition) is 5. The second-order valence-electron chi connectivity index (χ2n) is 4.72. The van der Waals surface area contributed by atoms with Gasteiger partial charge in [-0.1, -0.05) is 6.07 Å². The molecule has 6 nitrogen and oxygen atoms in total. The van der Waals surface area contributed by atoms with E-state index in [4.69, 9.17) is 0 Å². The minimum Gasteiger partial charge on any atom is -0.374 e. The van der Waals surface area contributed by atoms with E-state index in [0.29, 0.717) is 5.56 Å². The number of halogens is 4. The summed E-state index contributed by atoms with van der Waals surface area (Å²) in [4.78, 5) is 18.0. The number of nitrogens with zero attached hydrogens (tertiary/aromatic N) is 1. The molecule has 24 heavy (non-hydrogen) atoms. The number of aromatic amines is 1. The molecule has 0 bridgehead atoms. The molecule has 0 fully saturated rings. The van der Waals surface area contributed by atoms with Crippen molar-refractivity contribution in [1.29, 1.82) is 0 Å². The minimum absolute atomic E-state index is 0.0117. The largest absolute Gasteiger partial charge is 0.534 e. The summed E-state index contributed by atoms with van der Waals surface area (Å²) in [5.74, 6) is -0.697. The highest BCUT2D eigenvalue weighted by Crippen LogP contribution is 2.34. The van der Waals surface area contributed by atoms with E-state index in [9.17, 15) is 26.4 Å². The topological polar surface area (TPSA) is 89.1 Å². The van der Waals surface area contributed by atoms with Gasteiger partial charge in [-0.2, -0.15) is 21.6 Å². The van der Waals surface area contributed by atoms with Crippen LogP contribution in [0, 0.1) is 6.92 Å². The van der Waals surface area contributed by atoms with E-state index in [1.807, 2.05) is 0 Å². The van der Waals surface area contributed by atoms with Gasteiger partial charge in [0.1, 0.15) is 4.47 Å². The first-order valence-corrected chi connectivity index (χ1v) is 8.54. The van der Waals surface area contributed by atoms with Crippen molar-refractivity contribution in [3.8, 4) is 5.75 Å². The molecule has 2 aromatic rings. The molecule has 0 aliphatic heterocycles. The van der Waals surface area contributed by atoms with Crippen molar-refractivity contribution in [3.63, 3.8) is 0 Å². The Morgan fingerprint density at radius 1 is 1.38 bits per heavy atom. The Morgan fingerprint density at radius 2 is 2.04 bits per heavy atom. The first-order chi connectivity index (χ1) is 11.0. The zero-order valence-electron chi connectivity index (χ0n) is 12.0. The average Bonchev–Trinajstić information content (AvgIpc) is 2.48. The van der Waals surface area contributed by atoms with E-state index < -0.39 is 31.4 Å². The molecule has 0 atom stereocenters. The van der Waals surface area contributed by atoms with Gasteiger partial charge in [0.2, 0.25) is 0 Å². The van der Waals surface area contributed by atoms with Crippen LogP contribution in [0.1, 0.15) is 16.8 Å². The van der Waals surface area contributed by atoms with Crippen molar-refractivity contribution in [2.24, 2.45) is 0 Å². The summed E-state index contributed by atoms with van der Waals surface area (Å²) in [6.45, 7) is 1.42. The second-order valence-corrected chi connectivity index (χ2v) is 7.05. The molecule has 130 valence electrons. The van der Waals surface area contributed by atoms with Crippen LogP contribution in [-0.4, -0.2) is 23.9 Å². The van der Waals surface area contributed by atoms with Crippen molar-refractivity contribution < 1.29 is 25.8 Å². The van der Waals surface area contributed by atoms with Crippen molar-refractivity contribution in [1.82, 2.24) is 9.97 Å². The van der Waals surface area contributed by atoms with Gasteiger partial charge < -0.3 is 9.17 Å². The van der Waals surface area contributed by atoms with Crippen molar-refractivity contribution >= 4 is 26.0 Å². The molecule has 0 radical (unpaired) electrons. The number of aromatic nitrogens is 2. The van der Waals surface area contributed by atoms with E-state index in [1.54, 1.807) is 12.1 Å². The number of rotatable bonds is 4. The van der Waals surface area contributed by atoms with Crippen LogP contribution >= 0.6 is 15.9 Å². The zero-order valence-corrected chi connectivity index (χ0v) is 14.4. The number of pyridine rings is 2. The third kappa shape index (κ3) is 3.78. The summed E-state index contributed by atoms with van der Waals surface area (Å²) >= 11 is 2.78. The third-order valence-corrected chi connectivity index (χ3v) is 4.68. The molecular weight excluding hydrogens is 417 g/mol. The van der Waals surface area contributed by atoms with Gasteiger partial charge in [-0.3, -0.25) is 9.78 Å². The average molecular weight is 427 g/mol. The molecule has 0 saturated carbocycles. The Kier molecular flexibility index (Phi) is 5.04. The van der Waals surface area contributed by atoms with Crippen molar-refractivity contribution in [2.45, 2.75) is 18.9 Å². The lowest BCUT2D eigenvalue weighted by Crippen LogP contribution is -2.29. The van der Waals surface area contributed by atoms with E-state index in [2.05, 4.69) is 30.1 Å². The lowest BCUT2D eigenvalue weighted by molar-refractivity contribution is -0.0500. The maximum absolute atomic E-state index is 12.6. The van der Waals surface area contributed by atoms with Crippen molar-refractivity contribution in [2.75, 3.05) is 0 Å². The van der Waals surface area contributed by atoms with Gasteiger partial charge in [0.05, 0.1) is 0 Å². The van der Waals surface area contributed by atoms with E-state index in [1.165, 1.54) is 19.3 Å². The number of hydrogen-bond donors (Lipinski definition) is 1. The van der Waals surface area contributed by atoms with Crippen LogP contribution < -0.4 is 9.74 Å². The van der Waals surface area contributed by atoms with Gasteiger partial charge in [0, 0.05) is 30.1 Å². The molecule has 0 unspecified atom stereocenters. The number of alkyl halides is 3. The van der Waals surface area contributed by atoms with E-state index in [0.717, 1.165) is 0 Å². The third-order valence-electron chi connectivity index (χ3n) is 3.01. The lowest BCUT2D eigenvalue weighted by atomic mass is 10.0. The highest BCUT2D eigenvalue weighted by atomic mass is 79.9. The Bertz CT molecular complexity index is 911. The molecule has 0 spiro atoms. The molecule has 1 N–H and O–H groups in total. The zero-order chi connectivity index (χ0) is 18.1. The molecule has 2 heterocycles. The monoisotopic (exact) mass is 426 g/mol. The van der Waals surface area contributed by atoms with Crippen LogP contribution in [0.3, 0.4) is 0 Å². The SMILES string of the molecule is Cc1[nH]c(=O)c(Br)c(OS(=O)(=O)C(F)(F)F)c1Cc1cccnc1. The molecule has 0 saturated heterocycles. The molecule has 0 aliphatic rings. The number of H-pyrrole nitrogens is 1. The standard InChI is InChI=1S/C13H10BrF3N2O4S/c1-7-9(5-8-3-2-4-18-6-8)11(10(14)12(20)19-7)23-24(21,22)13(15,16)17/h2-4,6H,5H2,1H3,(H,19,20). The molecule has 11 heteroatoms. The predicted octanol–water partition coefficient (Wildman–Crippen LogP) is 2.66. The van der Waals surface area contributed by atoms with Crippen LogP contribution in [0.5, 0.6) is 5.75 Å². The number of aryl methyl sites for hydroxylation is 1. The van der Waals surface area contributed by atoms with Crippen LogP contribution in [0.2, 0.25) is 0 Å². The Labute approximate surface area is 142 Å². The van der Waals surface area contributed by atoms with Crippen LogP contribution in [0.25, 0.3) is 0 Å². The molecule has 0 aromatic carbocycles. The molecular formula is C13H10BrF3N2O4S. The highest BCUT2D eigenvalue weighted by Gasteiger charge is 2.49. The van der Waals surface area contributed by atoms with Crippen LogP contribution in [0.15, 0.2) is 33.8 Å². The maximum atomic E-state index is 12.6. The van der Waals surface area contributed by atoms with Gasteiger partial charge in [0.25, 0.3) is 5.56 Å². The lowest BCUT2D eigenvalue weighted by Gasteiger charge is -2.16. The first-order valence-electron chi connectivity index (χ1n) is 6.34. The molecule has 2 rings (SSSR count). The number of nitrogens with one attached hydrogen (secondary N) is 1. The Morgan fingerprint density at radius 3 is 2.58 bits per heavy atom. The molecule has 2 aromatic heterocycles. The Hall–Kier alpha value is -1.88. The molecule has 0 amide bonds. The second kappa shape index (κ2) is 6.55. The van der Waals surface area contributed by atoms with Gasteiger partial charge in [-0.15, -0.1) is 0 Å². The summed E-state index contributed by atoms with van der Waals surface area (Å²) in [5.41, 5.74) is -5.57. The van der Waals surface area contributed by atoms with Gasteiger partial charge in [0.15, 0.2) is 5.75 Å². The van der Waals surface area contributed by atoms with Crippen LogP contribution in [0.4, 0.5) is 13.2 Å². The smallest absolute Gasteiger partial charge is 0.374 e. The minimum atomic E-state index is -5.92. The first kappa shape index (κ1) is 18.5. The van der Waals surface area contributed by atoms with Gasteiger partial charge in [-0.05, 0) is 34.5 Å². The quantitative estimate of drug-likeness (QED) is 0.599. The summed E-state index contributed by atoms with van der Waals surface area (Å²) in [7, 11) is -5.92. The fourth-order valence-corrected chi connectivity index (χ4v) is 2.89. The summed E-state index contributed by atoms with van der Waals surface area (Å²) in [6.07, 6.45) is 2.98. The molecule has 0 aliphatic carbocycles. The van der Waals surface area contributed by atoms with Gasteiger partial charge >= 0.3 is 15.6 Å². The van der Waals surface area contributed by atoms with Crippen LogP contribution in [-0.2, 0) is 16.5 Å². The van der Waals surface area contributed by atoms with E-state index in [-0.39, 0.29) is 17.7 Å². The predicted molar refractivity (Wildman–Crippen MR) is 82.1 cm³/mol. The maximum Gasteiger partial charge on any atom is 0.534 e. The highest BCUT2D eigenvalue weighted by molar-refractivity contribution is 9.10. The normalized spacial score (nSPS) is 12.2. The summed E-state index contributed by atoms with van der Waals surface area (Å²) in [5, 5.41) is 0. The Balaban J connectivity index is 2.59. The van der Waals surface area contributed by atoms with Crippen molar-refractivity contribution in [3.05, 3.63) is 56.2 Å². The summed E-state index contributed by atoms with van der Waals surface area (Å²) < 4.78 is 64.2.